The van der Waals surface area contributed by atoms with Crippen molar-refractivity contribution in [1.29, 1.82) is 0 Å². The van der Waals surface area contributed by atoms with Crippen molar-refractivity contribution in [1.82, 2.24) is 10.6 Å². The van der Waals surface area contributed by atoms with Gasteiger partial charge in [0.15, 0.2) is 11.7 Å². The van der Waals surface area contributed by atoms with E-state index in [-0.39, 0.29) is 36.1 Å². The predicted molar refractivity (Wildman–Crippen MR) is 130 cm³/mol. The molecular weight excluding hydrogens is 509 g/mol. The van der Waals surface area contributed by atoms with Gasteiger partial charge in [0.1, 0.15) is 11.9 Å². The van der Waals surface area contributed by atoms with Gasteiger partial charge in [-0.25, -0.2) is 0 Å². The number of halogens is 1. The van der Waals surface area contributed by atoms with E-state index in [2.05, 4.69) is 29.7 Å². The molecule has 0 saturated carbocycles. The van der Waals surface area contributed by atoms with Crippen LogP contribution in [0.2, 0.25) is 0 Å². The molecule has 31 heavy (non-hydrogen) atoms. The summed E-state index contributed by atoms with van der Waals surface area (Å²) in [5.41, 5.74) is 1.21. The lowest BCUT2D eigenvalue weighted by atomic mass is 10.1. The van der Waals surface area contributed by atoms with E-state index < -0.39 is 5.79 Å². The lowest BCUT2D eigenvalue weighted by molar-refractivity contribution is -0.210. The monoisotopic (exact) mass is 541 g/mol. The lowest BCUT2D eigenvalue weighted by Crippen LogP contribution is -2.41. The van der Waals surface area contributed by atoms with E-state index in [1.54, 1.807) is 6.26 Å². The fraction of sp³-hybridized carbons (Fsp3) is 0.522. The van der Waals surface area contributed by atoms with Gasteiger partial charge < -0.3 is 29.3 Å². The standard InChI is InChI=1S/C23H31N3O4.HI/c1-18(19-6-3-2-4-7-19)26-22(24-12-9-20-8-5-13-28-20)25-16-21-17-29-23(30-21)10-14-27-15-11-23;/h2-8,13,18,21H,9-12,14-17H2,1H3,(H2,24,25,26);1H. The minimum atomic E-state index is -0.476. The summed E-state index contributed by atoms with van der Waals surface area (Å²) in [5, 5.41) is 6.92. The van der Waals surface area contributed by atoms with E-state index in [0.29, 0.717) is 26.4 Å². The molecule has 8 heteroatoms. The maximum absolute atomic E-state index is 6.21. The number of nitrogens with zero attached hydrogens (tertiary/aromatic N) is 1. The van der Waals surface area contributed by atoms with Gasteiger partial charge in [0.2, 0.25) is 0 Å². The molecule has 2 unspecified atom stereocenters. The fourth-order valence-electron chi connectivity index (χ4n) is 3.79. The average molecular weight is 541 g/mol. The summed E-state index contributed by atoms with van der Waals surface area (Å²) in [7, 11) is 0. The van der Waals surface area contributed by atoms with Crippen molar-refractivity contribution >= 4 is 29.9 Å². The SMILES string of the molecule is CC(NC(=NCC1COC2(CCOCC2)O1)NCCc1ccco1)c1ccccc1.I. The molecule has 0 bridgehead atoms. The number of hydrogen-bond acceptors (Lipinski definition) is 5. The number of ether oxygens (including phenoxy) is 3. The molecule has 4 rings (SSSR count). The normalized spacial score (nSPS) is 21.5. The van der Waals surface area contributed by atoms with Crippen molar-refractivity contribution in [3.8, 4) is 0 Å². The van der Waals surface area contributed by atoms with Crippen LogP contribution in [0.3, 0.4) is 0 Å². The molecule has 3 heterocycles. The van der Waals surface area contributed by atoms with Crippen molar-refractivity contribution < 1.29 is 18.6 Å². The van der Waals surface area contributed by atoms with E-state index in [0.717, 1.165) is 37.5 Å². The van der Waals surface area contributed by atoms with Crippen LogP contribution in [0.1, 0.15) is 37.1 Å². The molecule has 2 aromatic rings. The molecular formula is C23H32IN3O4. The highest BCUT2D eigenvalue weighted by Gasteiger charge is 2.42. The molecule has 2 aliphatic rings. The maximum atomic E-state index is 6.21. The first-order valence-electron chi connectivity index (χ1n) is 10.7. The van der Waals surface area contributed by atoms with Crippen molar-refractivity contribution in [2.45, 2.75) is 44.1 Å². The van der Waals surface area contributed by atoms with E-state index in [9.17, 15) is 0 Å². The molecule has 170 valence electrons. The summed E-state index contributed by atoms with van der Waals surface area (Å²) >= 11 is 0. The topological polar surface area (TPSA) is 77.3 Å². The number of aliphatic imine (C=N–C) groups is 1. The summed E-state index contributed by atoms with van der Waals surface area (Å²) in [4.78, 5) is 4.80. The van der Waals surface area contributed by atoms with E-state index in [1.807, 2.05) is 30.3 Å². The second kappa shape index (κ2) is 11.8. The van der Waals surface area contributed by atoms with Crippen LogP contribution in [0.25, 0.3) is 0 Å². The number of nitrogens with one attached hydrogen (secondary N) is 2. The van der Waals surface area contributed by atoms with Crippen molar-refractivity contribution in [2.75, 3.05) is 32.9 Å². The average Bonchev–Trinajstić information content (AvgIpc) is 3.43. The molecule has 1 aromatic heterocycles. The van der Waals surface area contributed by atoms with E-state index in [1.165, 1.54) is 5.56 Å². The third kappa shape index (κ3) is 6.93. The Morgan fingerprint density at radius 1 is 1.16 bits per heavy atom. The second-order valence-electron chi connectivity index (χ2n) is 7.80. The summed E-state index contributed by atoms with van der Waals surface area (Å²) in [6.45, 7) is 5.34. The third-order valence-corrected chi connectivity index (χ3v) is 5.52. The molecule has 2 aliphatic heterocycles. The van der Waals surface area contributed by atoms with Crippen LogP contribution in [-0.2, 0) is 20.6 Å². The number of rotatable bonds is 7. The molecule has 7 nitrogen and oxygen atoms in total. The van der Waals surface area contributed by atoms with Crippen LogP contribution in [-0.4, -0.2) is 50.8 Å². The Balaban J connectivity index is 0.00000272. The molecule has 1 aromatic carbocycles. The van der Waals surface area contributed by atoms with E-state index in [4.69, 9.17) is 23.6 Å². The largest absolute Gasteiger partial charge is 0.469 e. The van der Waals surface area contributed by atoms with Crippen LogP contribution in [0.15, 0.2) is 58.1 Å². The number of guanidine groups is 1. The van der Waals surface area contributed by atoms with Crippen molar-refractivity contribution in [2.24, 2.45) is 4.99 Å². The van der Waals surface area contributed by atoms with E-state index >= 15 is 0 Å². The summed E-state index contributed by atoms with van der Waals surface area (Å²) in [5.74, 6) is 1.23. The van der Waals surface area contributed by atoms with Crippen LogP contribution in [0, 0.1) is 0 Å². The number of hydrogen-bond donors (Lipinski definition) is 2. The molecule has 2 N–H and O–H groups in total. The minimum Gasteiger partial charge on any atom is -0.469 e. The molecule has 1 spiro atoms. The smallest absolute Gasteiger partial charge is 0.191 e. The first kappa shape index (κ1) is 24.0. The number of benzene rings is 1. The molecule has 0 aliphatic carbocycles. The second-order valence-corrected chi connectivity index (χ2v) is 7.80. The first-order chi connectivity index (χ1) is 14.7. The number of furan rings is 1. The zero-order valence-electron chi connectivity index (χ0n) is 17.9. The minimum absolute atomic E-state index is 0. The quantitative estimate of drug-likeness (QED) is 0.317. The maximum Gasteiger partial charge on any atom is 0.191 e. The van der Waals surface area contributed by atoms with Gasteiger partial charge >= 0.3 is 0 Å². The Bertz CT molecular complexity index is 794. The Kier molecular flexibility index (Phi) is 9.18. The third-order valence-electron chi connectivity index (χ3n) is 5.52. The molecule has 2 saturated heterocycles. The molecule has 2 atom stereocenters. The van der Waals surface area contributed by atoms with Gasteiger partial charge in [0.25, 0.3) is 0 Å². The van der Waals surface area contributed by atoms with Crippen molar-refractivity contribution in [3.63, 3.8) is 0 Å². The molecule has 0 radical (unpaired) electrons. The Morgan fingerprint density at radius 3 is 2.71 bits per heavy atom. The zero-order chi connectivity index (χ0) is 20.7. The lowest BCUT2D eigenvalue weighted by Gasteiger charge is -2.31. The zero-order valence-corrected chi connectivity index (χ0v) is 20.2. The van der Waals surface area contributed by atoms with Gasteiger partial charge in [0.05, 0.1) is 38.7 Å². The predicted octanol–water partition coefficient (Wildman–Crippen LogP) is 3.66. The summed E-state index contributed by atoms with van der Waals surface area (Å²) in [6, 6.07) is 14.4. The first-order valence-corrected chi connectivity index (χ1v) is 10.7. The Morgan fingerprint density at radius 2 is 1.97 bits per heavy atom. The highest BCUT2D eigenvalue weighted by atomic mass is 127. The van der Waals surface area contributed by atoms with Crippen LogP contribution in [0.5, 0.6) is 0 Å². The highest BCUT2D eigenvalue weighted by molar-refractivity contribution is 14.0. The highest BCUT2D eigenvalue weighted by Crippen LogP contribution is 2.33. The molecule has 2 fully saturated rings. The van der Waals surface area contributed by atoms with Gasteiger partial charge in [-0.15, -0.1) is 24.0 Å². The van der Waals surface area contributed by atoms with Crippen molar-refractivity contribution in [3.05, 3.63) is 60.1 Å². The fourth-order valence-corrected chi connectivity index (χ4v) is 3.79. The summed E-state index contributed by atoms with van der Waals surface area (Å²) < 4.78 is 23.1. The summed E-state index contributed by atoms with van der Waals surface area (Å²) in [6.07, 6.45) is 4.01. The Hall–Kier alpha value is -1.62. The Labute approximate surface area is 200 Å². The molecule has 0 amide bonds. The van der Waals surface area contributed by atoms with Crippen LogP contribution in [0.4, 0.5) is 0 Å². The van der Waals surface area contributed by atoms with Gasteiger partial charge in [-0.2, -0.15) is 0 Å². The van der Waals surface area contributed by atoms with Gasteiger partial charge in [-0.1, -0.05) is 30.3 Å². The van der Waals surface area contributed by atoms with Crippen LogP contribution < -0.4 is 10.6 Å². The van der Waals surface area contributed by atoms with Gasteiger partial charge in [0, 0.05) is 25.8 Å². The van der Waals surface area contributed by atoms with Gasteiger partial charge in [-0.05, 0) is 24.6 Å². The van der Waals surface area contributed by atoms with Gasteiger partial charge in [-0.3, -0.25) is 4.99 Å². The van der Waals surface area contributed by atoms with Crippen LogP contribution >= 0.6 is 24.0 Å².